The minimum absolute atomic E-state index is 0.218. The molecule has 0 aliphatic carbocycles. The number of hydrogen-bond acceptors (Lipinski definition) is 3. The Kier molecular flexibility index (Phi) is 4.29. The maximum absolute atomic E-state index is 12.3. The zero-order chi connectivity index (χ0) is 14.7. The summed E-state index contributed by atoms with van der Waals surface area (Å²) in [7, 11) is 3.86. The number of nitrogens with two attached hydrogens (primary N) is 1. The van der Waals surface area contributed by atoms with Crippen LogP contribution in [0.15, 0.2) is 46.9 Å². The average molecular weight is 334 g/mol. The molecule has 0 fully saturated rings. The van der Waals surface area contributed by atoms with Crippen molar-refractivity contribution in [3.63, 3.8) is 0 Å². The molecule has 0 heterocycles. The lowest BCUT2D eigenvalue weighted by molar-refractivity contribution is 0.102. The molecule has 0 aliphatic heterocycles. The molecule has 20 heavy (non-hydrogen) atoms. The number of carbonyl (C=O) groups is 1. The number of rotatable bonds is 3. The van der Waals surface area contributed by atoms with E-state index in [0.717, 1.165) is 15.8 Å². The second kappa shape index (κ2) is 5.96. The summed E-state index contributed by atoms with van der Waals surface area (Å²) in [6, 6.07) is 12.8. The molecule has 3 N–H and O–H groups in total. The van der Waals surface area contributed by atoms with Crippen LogP contribution in [-0.2, 0) is 0 Å². The summed E-state index contributed by atoms with van der Waals surface area (Å²) in [5.74, 6) is -0.218. The fourth-order valence-corrected chi connectivity index (χ4v) is 2.28. The Bertz CT molecular complexity index is 641. The number of anilines is 3. The second-order valence-electron chi connectivity index (χ2n) is 4.60. The van der Waals surface area contributed by atoms with Crippen LogP contribution in [-0.4, -0.2) is 20.0 Å². The zero-order valence-corrected chi connectivity index (χ0v) is 12.9. The average Bonchev–Trinajstić information content (AvgIpc) is 2.38. The summed E-state index contributed by atoms with van der Waals surface area (Å²) >= 11 is 3.32. The van der Waals surface area contributed by atoms with Crippen LogP contribution in [0, 0.1) is 0 Å². The third kappa shape index (κ3) is 3.11. The van der Waals surface area contributed by atoms with E-state index in [0.29, 0.717) is 11.3 Å². The van der Waals surface area contributed by atoms with Gasteiger partial charge in [-0.05, 0) is 30.3 Å². The molecule has 0 aliphatic rings. The van der Waals surface area contributed by atoms with Crippen molar-refractivity contribution in [1.29, 1.82) is 0 Å². The fourth-order valence-electron chi connectivity index (χ4n) is 1.90. The van der Waals surface area contributed by atoms with Gasteiger partial charge in [-0.15, -0.1) is 0 Å². The monoisotopic (exact) mass is 333 g/mol. The van der Waals surface area contributed by atoms with E-state index in [1.54, 1.807) is 18.2 Å². The van der Waals surface area contributed by atoms with Crippen LogP contribution in [0.4, 0.5) is 17.1 Å². The lowest BCUT2D eigenvalue weighted by Crippen LogP contribution is -2.17. The van der Waals surface area contributed by atoms with Gasteiger partial charge in [0.1, 0.15) is 0 Å². The number of nitrogens with zero attached hydrogens (tertiary/aromatic N) is 1. The van der Waals surface area contributed by atoms with Crippen LogP contribution in [0.3, 0.4) is 0 Å². The molecule has 0 saturated carbocycles. The second-order valence-corrected chi connectivity index (χ2v) is 5.51. The summed E-state index contributed by atoms with van der Waals surface area (Å²) in [6.07, 6.45) is 0. The van der Waals surface area contributed by atoms with Gasteiger partial charge in [0.15, 0.2) is 0 Å². The molecule has 0 spiro atoms. The van der Waals surface area contributed by atoms with Gasteiger partial charge < -0.3 is 16.0 Å². The van der Waals surface area contributed by atoms with E-state index in [4.69, 9.17) is 5.73 Å². The van der Waals surface area contributed by atoms with Crippen molar-refractivity contribution in [3.05, 3.63) is 52.5 Å². The van der Waals surface area contributed by atoms with Crippen molar-refractivity contribution in [2.75, 3.05) is 30.0 Å². The lowest BCUT2D eigenvalue weighted by atomic mass is 10.1. The number of nitrogens with one attached hydrogen (secondary N) is 1. The first-order valence-electron chi connectivity index (χ1n) is 6.12. The Morgan fingerprint density at radius 3 is 2.55 bits per heavy atom. The molecule has 0 unspecified atom stereocenters. The zero-order valence-electron chi connectivity index (χ0n) is 11.4. The first kappa shape index (κ1) is 14.4. The lowest BCUT2D eigenvalue weighted by Gasteiger charge is -2.18. The third-order valence-corrected chi connectivity index (χ3v) is 3.39. The van der Waals surface area contributed by atoms with E-state index in [-0.39, 0.29) is 5.91 Å². The summed E-state index contributed by atoms with van der Waals surface area (Å²) in [4.78, 5) is 14.2. The molecule has 2 rings (SSSR count). The summed E-state index contributed by atoms with van der Waals surface area (Å²) < 4.78 is 0.847. The number of nitrogen functional groups attached to an aromatic ring is 1. The Hall–Kier alpha value is -2.01. The van der Waals surface area contributed by atoms with Crippen LogP contribution in [0.5, 0.6) is 0 Å². The Morgan fingerprint density at radius 2 is 1.90 bits per heavy atom. The van der Waals surface area contributed by atoms with Crippen molar-refractivity contribution < 1.29 is 4.79 Å². The van der Waals surface area contributed by atoms with Crippen molar-refractivity contribution in [1.82, 2.24) is 0 Å². The van der Waals surface area contributed by atoms with Gasteiger partial charge in [-0.25, -0.2) is 0 Å². The third-order valence-electron chi connectivity index (χ3n) is 2.89. The molecule has 0 bridgehead atoms. The van der Waals surface area contributed by atoms with Crippen LogP contribution in [0.1, 0.15) is 10.4 Å². The van der Waals surface area contributed by atoms with Gasteiger partial charge in [-0.3, -0.25) is 4.79 Å². The highest BCUT2D eigenvalue weighted by atomic mass is 79.9. The molecule has 0 atom stereocenters. The Balaban J connectivity index is 2.28. The van der Waals surface area contributed by atoms with Crippen molar-refractivity contribution in [2.45, 2.75) is 0 Å². The SMILES string of the molecule is CN(C)c1ccccc1NC(=O)c1ccc(Br)cc1N. The standard InChI is InChI=1S/C15H16BrN3O/c1-19(2)14-6-4-3-5-13(14)18-15(20)11-8-7-10(16)9-12(11)17/h3-9H,17H2,1-2H3,(H,18,20). The Morgan fingerprint density at radius 1 is 1.20 bits per heavy atom. The molecule has 5 heteroatoms. The molecule has 2 aromatic rings. The maximum atomic E-state index is 12.3. The molecule has 104 valence electrons. The van der Waals surface area contributed by atoms with E-state index in [1.165, 1.54) is 0 Å². The summed E-state index contributed by atoms with van der Waals surface area (Å²) in [5, 5.41) is 2.89. The van der Waals surface area contributed by atoms with Gasteiger partial charge in [0, 0.05) is 24.3 Å². The maximum Gasteiger partial charge on any atom is 0.257 e. The summed E-state index contributed by atoms with van der Waals surface area (Å²) in [6.45, 7) is 0. The van der Waals surface area contributed by atoms with Crippen LogP contribution >= 0.6 is 15.9 Å². The molecule has 0 aromatic heterocycles. The minimum Gasteiger partial charge on any atom is -0.398 e. The van der Waals surface area contributed by atoms with Crippen molar-refractivity contribution in [3.8, 4) is 0 Å². The van der Waals surface area contributed by atoms with Gasteiger partial charge in [0.25, 0.3) is 5.91 Å². The number of para-hydroxylation sites is 2. The van der Waals surface area contributed by atoms with E-state index < -0.39 is 0 Å². The first-order chi connectivity index (χ1) is 9.49. The molecule has 0 saturated heterocycles. The van der Waals surface area contributed by atoms with Crippen molar-refractivity contribution >= 4 is 38.9 Å². The number of carbonyl (C=O) groups excluding carboxylic acids is 1. The van der Waals surface area contributed by atoms with E-state index in [2.05, 4.69) is 21.2 Å². The topological polar surface area (TPSA) is 58.4 Å². The largest absolute Gasteiger partial charge is 0.398 e. The predicted octanol–water partition coefficient (Wildman–Crippen LogP) is 3.35. The number of benzene rings is 2. The fraction of sp³-hybridized carbons (Fsp3) is 0.133. The highest BCUT2D eigenvalue weighted by Gasteiger charge is 2.12. The quantitative estimate of drug-likeness (QED) is 0.847. The van der Waals surface area contributed by atoms with Gasteiger partial charge >= 0.3 is 0 Å². The number of halogens is 1. The van der Waals surface area contributed by atoms with Crippen LogP contribution < -0.4 is 16.0 Å². The first-order valence-corrected chi connectivity index (χ1v) is 6.91. The van der Waals surface area contributed by atoms with E-state index in [1.807, 2.05) is 43.3 Å². The number of amides is 1. The molecule has 0 radical (unpaired) electrons. The van der Waals surface area contributed by atoms with Gasteiger partial charge in [-0.2, -0.15) is 0 Å². The normalized spacial score (nSPS) is 10.2. The van der Waals surface area contributed by atoms with Crippen LogP contribution in [0.2, 0.25) is 0 Å². The highest BCUT2D eigenvalue weighted by Crippen LogP contribution is 2.25. The molecule has 1 amide bonds. The smallest absolute Gasteiger partial charge is 0.257 e. The molecular weight excluding hydrogens is 318 g/mol. The molecule has 4 nitrogen and oxygen atoms in total. The van der Waals surface area contributed by atoms with Gasteiger partial charge in [0.05, 0.1) is 16.9 Å². The van der Waals surface area contributed by atoms with Gasteiger partial charge in [-0.1, -0.05) is 28.1 Å². The molecule has 2 aromatic carbocycles. The highest BCUT2D eigenvalue weighted by molar-refractivity contribution is 9.10. The molecular formula is C15H16BrN3O. The Labute approximate surface area is 126 Å². The minimum atomic E-state index is -0.218. The van der Waals surface area contributed by atoms with E-state index >= 15 is 0 Å². The van der Waals surface area contributed by atoms with Gasteiger partial charge in [0.2, 0.25) is 0 Å². The van der Waals surface area contributed by atoms with E-state index in [9.17, 15) is 4.79 Å². The van der Waals surface area contributed by atoms with Crippen LogP contribution in [0.25, 0.3) is 0 Å². The van der Waals surface area contributed by atoms with Crippen molar-refractivity contribution in [2.24, 2.45) is 0 Å². The summed E-state index contributed by atoms with van der Waals surface area (Å²) in [5.41, 5.74) is 8.47. The predicted molar refractivity (Wildman–Crippen MR) is 87.3 cm³/mol. The number of hydrogen-bond donors (Lipinski definition) is 2.